The molecule has 0 amide bonds. The Morgan fingerprint density at radius 2 is 1.91 bits per heavy atom. The quantitative estimate of drug-likeness (QED) is 0.552. The van der Waals surface area contributed by atoms with Crippen molar-refractivity contribution in [1.82, 2.24) is 24.7 Å². The molecule has 0 bridgehead atoms. The SMILES string of the molecule is CCc1nc2c(N)ncc(-c3cnn([C@H]4CC[C@@H](C)CC4)c3)c2nc1N[C@@H]1CC[C@H](O)C1. The van der Waals surface area contributed by atoms with Gasteiger partial charge in [0.05, 0.1) is 24.0 Å². The van der Waals surface area contributed by atoms with E-state index in [1.807, 2.05) is 6.20 Å². The van der Waals surface area contributed by atoms with Crippen molar-refractivity contribution < 1.29 is 5.11 Å². The largest absolute Gasteiger partial charge is 0.393 e. The van der Waals surface area contributed by atoms with E-state index in [0.29, 0.717) is 17.4 Å². The van der Waals surface area contributed by atoms with Crippen LogP contribution < -0.4 is 11.1 Å². The normalized spacial score (nSPS) is 26.0. The van der Waals surface area contributed by atoms with Crippen LogP contribution in [0.3, 0.4) is 0 Å². The predicted octanol–water partition coefficient (Wildman–Crippen LogP) is 4.11. The molecule has 3 heterocycles. The van der Waals surface area contributed by atoms with Crippen LogP contribution >= 0.6 is 0 Å². The molecular formula is C24H33N7O. The number of anilines is 2. The first-order valence-electron chi connectivity index (χ1n) is 12.0. The van der Waals surface area contributed by atoms with E-state index in [0.717, 1.165) is 59.8 Å². The first-order valence-corrected chi connectivity index (χ1v) is 12.0. The molecule has 4 N–H and O–H groups in total. The Balaban J connectivity index is 1.52. The van der Waals surface area contributed by atoms with Gasteiger partial charge >= 0.3 is 0 Å². The Bertz CT molecular complexity index is 1100. The molecule has 0 aromatic carbocycles. The topological polar surface area (TPSA) is 115 Å². The van der Waals surface area contributed by atoms with Crippen molar-refractivity contribution >= 4 is 22.7 Å². The standard InChI is InChI=1S/C24H33N7O/c1-3-20-24(28-16-6-9-18(32)10-16)30-21-19(12-26-23(25)22(21)29-20)15-11-27-31(13-15)17-7-4-14(2)5-8-17/h11-14,16-18,32H,3-10H2,1-2H3,(H2,25,26)(H,28,30)/t14-,16-,17+,18+/m1/s1. The molecule has 0 spiro atoms. The molecule has 170 valence electrons. The summed E-state index contributed by atoms with van der Waals surface area (Å²) in [5, 5.41) is 18.1. The van der Waals surface area contributed by atoms with E-state index in [4.69, 9.17) is 15.7 Å². The van der Waals surface area contributed by atoms with Gasteiger partial charge in [0.15, 0.2) is 5.82 Å². The lowest BCUT2D eigenvalue weighted by atomic mass is 9.87. The van der Waals surface area contributed by atoms with Gasteiger partial charge in [-0.25, -0.2) is 15.0 Å². The van der Waals surface area contributed by atoms with Crippen LogP contribution in [0.25, 0.3) is 22.2 Å². The fraction of sp³-hybridized carbons (Fsp3) is 0.583. The number of aliphatic hydroxyl groups is 1. The van der Waals surface area contributed by atoms with Crippen LogP contribution in [0.2, 0.25) is 0 Å². The van der Waals surface area contributed by atoms with E-state index in [9.17, 15) is 5.11 Å². The van der Waals surface area contributed by atoms with Crippen LogP contribution in [0.15, 0.2) is 18.6 Å². The van der Waals surface area contributed by atoms with Gasteiger partial charge in [0.1, 0.15) is 16.9 Å². The molecule has 0 saturated heterocycles. The lowest BCUT2D eigenvalue weighted by molar-refractivity contribution is 0.182. The fourth-order valence-electron chi connectivity index (χ4n) is 5.13. The Kier molecular flexibility index (Phi) is 5.71. The molecule has 2 fully saturated rings. The summed E-state index contributed by atoms with van der Waals surface area (Å²) in [6.45, 7) is 4.39. The second-order valence-corrected chi connectivity index (χ2v) is 9.56. The van der Waals surface area contributed by atoms with Gasteiger partial charge in [-0.1, -0.05) is 13.8 Å². The number of aryl methyl sites for hydroxylation is 1. The third-order valence-electron chi connectivity index (χ3n) is 7.15. The van der Waals surface area contributed by atoms with Crippen molar-refractivity contribution in [2.75, 3.05) is 11.1 Å². The molecule has 0 unspecified atom stereocenters. The fourth-order valence-corrected chi connectivity index (χ4v) is 5.13. The van der Waals surface area contributed by atoms with Gasteiger partial charge in [0.25, 0.3) is 0 Å². The molecule has 8 nitrogen and oxygen atoms in total. The molecule has 2 saturated carbocycles. The lowest BCUT2D eigenvalue weighted by Gasteiger charge is -2.26. The van der Waals surface area contributed by atoms with Gasteiger partial charge in [-0.05, 0) is 57.3 Å². The number of nitrogen functional groups attached to an aromatic ring is 1. The van der Waals surface area contributed by atoms with E-state index < -0.39 is 0 Å². The maximum atomic E-state index is 9.92. The van der Waals surface area contributed by atoms with Gasteiger partial charge in [-0.3, -0.25) is 4.68 Å². The highest BCUT2D eigenvalue weighted by molar-refractivity contribution is 5.96. The Labute approximate surface area is 188 Å². The summed E-state index contributed by atoms with van der Waals surface area (Å²) < 4.78 is 2.11. The first-order chi connectivity index (χ1) is 15.5. The minimum Gasteiger partial charge on any atom is -0.393 e. The summed E-state index contributed by atoms with van der Waals surface area (Å²) in [7, 11) is 0. The summed E-state index contributed by atoms with van der Waals surface area (Å²) in [5.41, 5.74) is 10.3. The number of aromatic nitrogens is 5. The van der Waals surface area contributed by atoms with Crippen LogP contribution in [-0.2, 0) is 6.42 Å². The number of hydrogen-bond acceptors (Lipinski definition) is 7. The zero-order valence-electron chi connectivity index (χ0n) is 19.0. The summed E-state index contributed by atoms with van der Waals surface area (Å²) >= 11 is 0. The Morgan fingerprint density at radius 1 is 1.09 bits per heavy atom. The highest BCUT2D eigenvalue weighted by Crippen LogP contribution is 2.35. The van der Waals surface area contributed by atoms with Gasteiger partial charge in [-0.2, -0.15) is 5.10 Å². The molecule has 2 atom stereocenters. The number of aliphatic hydroxyl groups excluding tert-OH is 1. The van der Waals surface area contributed by atoms with Crippen molar-refractivity contribution in [1.29, 1.82) is 0 Å². The number of fused-ring (bicyclic) bond motifs is 1. The molecule has 5 rings (SSSR count). The number of hydrogen-bond donors (Lipinski definition) is 3. The van der Waals surface area contributed by atoms with Crippen molar-refractivity contribution in [2.45, 2.75) is 83.4 Å². The van der Waals surface area contributed by atoms with E-state index in [1.165, 1.54) is 25.7 Å². The molecule has 3 aromatic heterocycles. The van der Waals surface area contributed by atoms with Crippen LogP contribution in [-0.4, -0.2) is 42.0 Å². The molecule has 0 radical (unpaired) electrons. The van der Waals surface area contributed by atoms with Gasteiger partial charge in [0, 0.05) is 29.6 Å². The first kappa shape index (κ1) is 21.1. The molecule has 3 aromatic rings. The number of rotatable bonds is 5. The van der Waals surface area contributed by atoms with Crippen LogP contribution in [0.1, 0.15) is 70.5 Å². The van der Waals surface area contributed by atoms with Crippen LogP contribution in [0, 0.1) is 5.92 Å². The minimum atomic E-state index is -0.241. The monoisotopic (exact) mass is 435 g/mol. The van der Waals surface area contributed by atoms with E-state index >= 15 is 0 Å². The second-order valence-electron chi connectivity index (χ2n) is 9.56. The van der Waals surface area contributed by atoms with Gasteiger partial charge < -0.3 is 16.2 Å². The summed E-state index contributed by atoms with van der Waals surface area (Å²) in [5.74, 6) is 1.98. The van der Waals surface area contributed by atoms with E-state index in [-0.39, 0.29) is 12.1 Å². The Hall–Kier alpha value is -2.74. The maximum Gasteiger partial charge on any atom is 0.151 e. The number of nitrogens with one attached hydrogen (secondary N) is 1. The molecule has 0 aliphatic heterocycles. The molecule has 8 heteroatoms. The highest BCUT2D eigenvalue weighted by Gasteiger charge is 2.25. The smallest absolute Gasteiger partial charge is 0.151 e. The molecule has 32 heavy (non-hydrogen) atoms. The number of pyridine rings is 1. The zero-order chi connectivity index (χ0) is 22.2. The third-order valence-corrected chi connectivity index (χ3v) is 7.15. The Morgan fingerprint density at radius 3 is 2.62 bits per heavy atom. The summed E-state index contributed by atoms with van der Waals surface area (Å²) in [6, 6.07) is 0.665. The average molecular weight is 436 g/mol. The van der Waals surface area contributed by atoms with E-state index in [2.05, 4.69) is 40.1 Å². The molecule has 2 aliphatic carbocycles. The van der Waals surface area contributed by atoms with Gasteiger partial charge in [-0.15, -0.1) is 0 Å². The highest BCUT2D eigenvalue weighted by atomic mass is 16.3. The van der Waals surface area contributed by atoms with Gasteiger partial charge in [0.2, 0.25) is 0 Å². The summed E-state index contributed by atoms with van der Waals surface area (Å²) in [6.07, 6.45) is 13.6. The van der Waals surface area contributed by atoms with Crippen molar-refractivity contribution in [3.05, 3.63) is 24.3 Å². The molecular weight excluding hydrogens is 402 g/mol. The molecule has 2 aliphatic rings. The van der Waals surface area contributed by atoms with E-state index in [1.54, 1.807) is 6.20 Å². The minimum absolute atomic E-state index is 0.209. The lowest BCUT2D eigenvalue weighted by Crippen LogP contribution is -2.19. The number of nitrogens with zero attached hydrogens (tertiary/aromatic N) is 5. The second kappa shape index (κ2) is 8.65. The third kappa shape index (κ3) is 4.03. The number of nitrogens with two attached hydrogens (primary N) is 1. The summed E-state index contributed by atoms with van der Waals surface area (Å²) in [4.78, 5) is 14.3. The van der Waals surface area contributed by atoms with Crippen molar-refractivity contribution in [3.8, 4) is 11.1 Å². The zero-order valence-corrected chi connectivity index (χ0v) is 19.0. The predicted molar refractivity (Wildman–Crippen MR) is 126 cm³/mol. The maximum absolute atomic E-state index is 9.92. The van der Waals surface area contributed by atoms with Crippen LogP contribution in [0.5, 0.6) is 0 Å². The van der Waals surface area contributed by atoms with Crippen molar-refractivity contribution in [2.24, 2.45) is 5.92 Å². The average Bonchev–Trinajstić information content (AvgIpc) is 3.43. The van der Waals surface area contributed by atoms with Crippen LogP contribution in [0.4, 0.5) is 11.6 Å². The van der Waals surface area contributed by atoms with Crippen molar-refractivity contribution in [3.63, 3.8) is 0 Å².